The summed E-state index contributed by atoms with van der Waals surface area (Å²) in [5, 5.41) is 4.49. The molecule has 12 bridgehead atoms. The van der Waals surface area contributed by atoms with Gasteiger partial charge in [0.05, 0.1) is 34.1 Å². The molecule has 7 aromatic carbocycles. The van der Waals surface area contributed by atoms with Crippen molar-refractivity contribution >= 4 is 5.69 Å². The van der Waals surface area contributed by atoms with Crippen molar-refractivity contribution in [2.24, 2.45) is 5.11 Å². The van der Waals surface area contributed by atoms with Crippen LogP contribution in [0.2, 0.25) is 0 Å². The van der Waals surface area contributed by atoms with Crippen molar-refractivity contribution in [1.82, 2.24) is 0 Å². The summed E-state index contributed by atoms with van der Waals surface area (Å²) in [5.74, 6) is 4.80. The summed E-state index contributed by atoms with van der Waals surface area (Å²) >= 11 is 0. The van der Waals surface area contributed by atoms with E-state index in [4.69, 9.17) is 28.4 Å². The van der Waals surface area contributed by atoms with Crippen LogP contribution in [0.4, 0.5) is 5.69 Å². The third kappa shape index (κ3) is 13.7. The van der Waals surface area contributed by atoms with E-state index in [-0.39, 0.29) is 45.7 Å². The highest BCUT2D eigenvalue weighted by molar-refractivity contribution is 5.61. The van der Waals surface area contributed by atoms with E-state index in [1.54, 1.807) is 28.4 Å². The zero-order valence-electron chi connectivity index (χ0n) is 56.6. The molecule has 0 unspecified atom stereocenters. The molecule has 0 amide bonds. The number of azide groups is 1. The van der Waals surface area contributed by atoms with Gasteiger partial charge >= 0.3 is 0 Å². The minimum atomic E-state index is -0.239. The van der Waals surface area contributed by atoms with Crippen molar-refractivity contribution < 1.29 is 28.4 Å². The number of nitrogens with zero attached hydrogens (tertiary/aromatic N) is 3. The van der Waals surface area contributed by atoms with E-state index in [1.807, 2.05) is 18.2 Å². The summed E-state index contributed by atoms with van der Waals surface area (Å²) < 4.78 is 41.0. The minimum absolute atomic E-state index is 0.122. The largest absolute Gasteiger partial charge is 0.496 e. The first-order valence-corrected chi connectivity index (χ1v) is 31.2. The van der Waals surface area contributed by atoms with E-state index in [2.05, 4.69) is 207 Å². The predicted molar refractivity (Wildman–Crippen MR) is 358 cm³/mol. The summed E-state index contributed by atoms with van der Waals surface area (Å²) in [6.07, 6.45) is 3.42. The number of hydrogen-bond acceptors (Lipinski definition) is 7. The van der Waals surface area contributed by atoms with Crippen LogP contribution in [-0.4, -0.2) is 28.4 Å². The lowest BCUT2D eigenvalue weighted by Crippen LogP contribution is -2.19. The lowest BCUT2D eigenvalue weighted by Gasteiger charge is -2.30. The van der Waals surface area contributed by atoms with Gasteiger partial charge in [0, 0.05) is 30.6 Å². The van der Waals surface area contributed by atoms with Gasteiger partial charge in [-0.15, -0.1) is 0 Å². The van der Waals surface area contributed by atoms with Crippen LogP contribution in [0.25, 0.3) is 10.4 Å². The van der Waals surface area contributed by atoms with Crippen LogP contribution >= 0.6 is 0 Å². The summed E-state index contributed by atoms with van der Waals surface area (Å²) in [5.41, 5.74) is 31.5. The van der Waals surface area contributed by atoms with Crippen molar-refractivity contribution in [3.8, 4) is 34.5 Å². The molecular formula is C78H97N3O6. The van der Waals surface area contributed by atoms with Gasteiger partial charge in [-0.3, -0.25) is 0 Å². The van der Waals surface area contributed by atoms with Crippen LogP contribution in [-0.2, 0) is 84.2 Å². The molecule has 9 heteroatoms. The Balaban J connectivity index is 1.48. The Labute approximate surface area is 521 Å². The molecule has 87 heavy (non-hydrogen) atoms. The average molecular weight is 1170 g/mol. The third-order valence-electron chi connectivity index (χ3n) is 17.9. The molecule has 0 radical (unpaired) electrons. The van der Waals surface area contributed by atoms with Gasteiger partial charge in [0.25, 0.3) is 0 Å². The highest BCUT2D eigenvalue weighted by atomic mass is 16.5. The Hall–Kier alpha value is -7.35. The van der Waals surface area contributed by atoms with Crippen molar-refractivity contribution in [2.75, 3.05) is 28.4 Å². The SMILES string of the molecule is COc1cc2c(C(C)(C)C)cc1Cc1cc(C(C)(C)C)cc3c1OCc1cccc(c1N=[N+]=[N-])COc1c(cc(C(C)(C)C)cc1Cc1cc(C(C)(C)C)c(cc1OC)Cc1cc(OC)c(cc1C(C)(C)C)C3)Cc1cc(C(C)(C)C)c(cc1OC)C2. The zero-order valence-corrected chi connectivity index (χ0v) is 56.6. The lowest BCUT2D eigenvalue weighted by atomic mass is 9.76. The van der Waals surface area contributed by atoms with Crippen LogP contribution in [0.5, 0.6) is 34.5 Å². The summed E-state index contributed by atoms with van der Waals surface area (Å²) in [4.78, 5) is 3.48. The fourth-order valence-electron chi connectivity index (χ4n) is 13.2. The molecule has 0 spiro atoms. The number of methoxy groups -OCH3 is 4. The first-order chi connectivity index (χ1) is 40.6. The van der Waals surface area contributed by atoms with Crippen molar-refractivity contribution in [2.45, 2.75) is 209 Å². The summed E-state index contributed by atoms with van der Waals surface area (Å²) in [6.45, 7) is 41.6. The second kappa shape index (κ2) is 24.0. The van der Waals surface area contributed by atoms with Crippen LogP contribution in [0.3, 0.4) is 0 Å². The Morgan fingerprint density at radius 3 is 0.805 bits per heavy atom. The second-order valence-electron chi connectivity index (χ2n) is 30.8. The van der Waals surface area contributed by atoms with E-state index in [1.165, 1.54) is 55.6 Å². The van der Waals surface area contributed by atoms with Crippen molar-refractivity contribution in [3.63, 3.8) is 0 Å². The van der Waals surface area contributed by atoms with E-state index < -0.39 is 0 Å². The maximum absolute atomic E-state index is 10.5. The average Bonchev–Trinajstić information content (AvgIpc) is 1.34. The molecule has 0 aliphatic carbocycles. The fourth-order valence-corrected chi connectivity index (χ4v) is 13.2. The van der Waals surface area contributed by atoms with Gasteiger partial charge < -0.3 is 28.4 Å². The van der Waals surface area contributed by atoms with Gasteiger partial charge in [-0.2, -0.15) is 0 Å². The van der Waals surface area contributed by atoms with E-state index in [9.17, 15) is 5.53 Å². The third-order valence-corrected chi connectivity index (χ3v) is 17.9. The molecule has 0 N–H and O–H groups in total. The van der Waals surface area contributed by atoms with Gasteiger partial charge in [-0.05, 0) is 186 Å². The monoisotopic (exact) mass is 1170 g/mol. The van der Waals surface area contributed by atoms with Gasteiger partial charge in [0.2, 0.25) is 0 Å². The Morgan fingerprint density at radius 2 is 0.586 bits per heavy atom. The quantitative estimate of drug-likeness (QED) is 0.0966. The van der Waals surface area contributed by atoms with Gasteiger partial charge in [0.1, 0.15) is 47.7 Å². The number of ether oxygens (including phenoxy) is 6. The number of hydrogen-bond donors (Lipinski definition) is 0. The minimum Gasteiger partial charge on any atom is -0.496 e. The number of benzene rings is 7. The molecule has 7 aliphatic heterocycles. The smallest absolute Gasteiger partial charge is 0.126 e. The van der Waals surface area contributed by atoms with Gasteiger partial charge in [0.15, 0.2) is 0 Å². The van der Waals surface area contributed by atoms with Crippen molar-refractivity contribution in [3.05, 3.63) is 213 Å². The van der Waals surface area contributed by atoms with Crippen LogP contribution in [0, 0.1) is 0 Å². The molecule has 14 rings (SSSR count). The maximum atomic E-state index is 10.5. The molecule has 7 aromatic rings. The summed E-state index contributed by atoms with van der Waals surface area (Å²) in [6, 6.07) is 34.1. The molecule has 7 aliphatic rings. The van der Waals surface area contributed by atoms with Crippen LogP contribution in [0.1, 0.15) is 236 Å². The molecule has 0 fully saturated rings. The molecule has 0 saturated carbocycles. The topological polar surface area (TPSA) is 104 Å². The molecular weight excluding hydrogens is 1070 g/mol. The molecule has 7 heterocycles. The highest BCUT2D eigenvalue weighted by Crippen LogP contribution is 2.46. The van der Waals surface area contributed by atoms with E-state index >= 15 is 0 Å². The molecule has 0 atom stereocenters. The lowest BCUT2D eigenvalue weighted by molar-refractivity contribution is 0.294. The predicted octanol–water partition coefficient (Wildman–Crippen LogP) is 19.8. The number of rotatable bonds is 5. The van der Waals surface area contributed by atoms with Gasteiger partial charge in [-0.25, -0.2) is 0 Å². The highest BCUT2D eigenvalue weighted by Gasteiger charge is 2.32. The second-order valence-corrected chi connectivity index (χ2v) is 30.8. The zero-order chi connectivity index (χ0) is 63.5. The van der Waals surface area contributed by atoms with Crippen molar-refractivity contribution in [1.29, 1.82) is 0 Å². The maximum Gasteiger partial charge on any atom is 0.126 e. The molecule has 0 aromatic heterocycles. The normalized spacial score (nSPS) is 14.1. The van der Waals surface area contributed by atoms with Crippen LogP contribution < -0.4 is 28.4 Å². The van der Waals surface area contributed by atoms with E-state index in [0.717, 1.165) is 90.1 Å². The number of fused-ring (bicyclic) bond motifs is 2. The molecule has 0 saturated heterocycles. The fraction of sp³-hybridized carbons (Fsp3) is 0.462. The van der Waals surface area contributed by atoms with E-state index in [0.29, 0.717) is 44.2 Å². The van der Waals surface area contributed by atoms with Gasteiger partial charge in [-0.1, -0.05) is 196 Å². The Morgan fingerprint density at radius 1 is 0.333 bits per heavy atom. The van der Waals surface area contributed by atoms with Crippen LogP contribution in [0.15, 0.2) is 96.1 Å². The standard InChI is InChI=1S/C78H97N3O6/c1-73(2,3)60-32-56-28-52-36-62(75(7,8)9)48(40-66(52)82-19)26-50-42-68(84-21)54(38-64(50)77(13,14)15)30-58-34-61(74(4,5)6)35-59-31-55-39-65(78(16,17)18)51(43-69(55)85-22)27-49-41-67(83-20)53(37-63(49)76(10,11)12)29-57(33-60)71(56)86-44-46-24-23-25-47(45-87-72(58)59)70(46)80-81-79/h23-25,32-43H,26-31,44-45H2,1-22H3. The molecule has 9 nitrogen and oxygen atoms in total. The summed E-state index contributed by atoms with van der Waals surface area (Å²) in [7, 11) is 7.16. The first kappa shape index (κ1) is 64.1. The molecule has 460 valence electrons. The Kier molecular flexibility index (Phi) is 17.7. The first-order valence-electron chi connectivity index (χ1n) is 31.2. The Bertz CT molecular complexity index is 3390.